The highest BCUT2D eigenvalue weighted by atomic mass is 16.7. The molecule has 3 rings (SSSR count). The van der Waals surface area contributed by atoms with E-state index in [0.29, 0.717) is 0 Å². The second-order valence-corrected chi connectivity index (χ2v) is 9.11. The number of amides is 1. The van der Waals surface area contributed by atoms with Gasteiger partial charge in [-0.1, -0.05) is 0 Å². The van der Waals surface area contributed by atoms with Crippen LogP contribution in [0.1, 0.15) is 6.92 Å². The highest BCUT2D eigenvalue weighted by Gasteiger charge is 2.51. The molecule has 1 amide bonds. The molecule has 17 nitrogen and oxygen atoms in total. The summed E-state index contributed by atoms with van der Waals surface area (Å²) in [6, 6.07) is -1.30. The van der Waals surface area contributed by atoms with E-state index in [0.717, 1.165) is 6.92 Å². The molecule has 15 unspecified atom stereocenters. The first-order chi connectivity index (χ1) is 17.4. The van der Waals surface area contributed by atoms with E-state index in [-0.39, 0.29) is 0 Å². The summed E-state index contributed by atoms with van der Waals surface area (Å²) in [6.07, 6.45) is -23.0. The monoisotopic (exact) mass is 545 g/mol. The number of aliphatic hydroxyl groups excluding tert-OH is 10. The zero-order valence-electron chi connectivity index (χ0n) is 19.7. The Bertz CT molecular complexity index is 745. The number of aliphatic hydroxyl groups is 10. The summed E-state index contributed by atoms with van der Waals surface area (Å²) in [4.78, 5) is 11.6. The molecule has 3 aliphatic rings. The predicted molar refractivity (Wildman–Crippen MR) is 113 cm³/mol. The Balaban J connectivity index is 1.71. The minimum atomic E-state index is -1.88. The molecule has 0 aromatic carbocycles. The third kappa shape index (κ3) is 6.55. The fourth-order valence-corrected chi connectivity index (χ4v) is 4.36. The van der Waals surface area contributed by atoms with E-state index in [1.807, 2.05) is 0 Å². The Kier molecular flexibility index (Phi) is 10.5. The van der Waals surface area contributed by atoms with Crippen molar-refractivity contribution in [3.05, 3.63) is 0 Å². The van der Waals surface area contributed by atoms with Crippen molar-refractivity contribution in [1.82, 2.24) is 5.32 Å². The van der Waals surface area contributed by atoms with Gasteiger partial charge in [-0.05, 0) is 0 Å². The number of hydrogen-bond acceptors (Lipinski definition) is 16. The van der Waals surface area contributed by atoms with Crippen molar-refractivity contribution in [2.45, 2.75) is 99.0 Å². The molecule has 0 spiro atoms. The van der Waals surface area contributed by atoms with Crippen LogP contribution in [0.15, 0.2) is 0 Å². The predicted octanol–water partition coefficient (Wildman–Crippen LogP) is -7.43. The summed E-state index contributed by atoms with van der Waals surface area (Å²) >= 11 is 0. The number of ether oxygens (including phenoxy) is 5. The molecule has 17 heteroatoms. The van der Waals surface area contributed by atoms with E-state index in [4.69, 9.17) is 23.7 Å². The summed E-state index contributed by atoms with van der Waals surface area (Å²) in [5.41, 5.74) is 0. The lowest BCUT2D eigenvalue weighted by Crippen LogP contribution is -2.66. The Morgan fingerprint density at radius 2 is 1.30 bits per heavy atom. The first-order valence-corrected chi connectivity index (χ1v) is 11.6. The molecular formula is C20H35NO16. The number of carbonyl (C=O) groups is 1. The number of hydrogen-bond donors (Lipinski definition) is 11. The maximum atomic E-state index is 11.6. The van der Waals surface area contributed by atoms with Gasteiger partial charge in [0.1, 0.15) is 73.2 Å². The summed E-state index contributed by atoms with van der Waals surface area (Å²) in [7, 11) is 0. The van der Waals surface area contributed by atoms with Crippen LogP contribution in [-0.2, 0) is 28.5 Å². The Labute approximate surface area is 210 Å². The van der Waals surface area contributed by atoms with Crippen LogP contribution in [0.25, 0.3) is 0 Å². The molecule has 216 valence electrons. The van der Waals surface area contributed by atoms with Gasteiger partial charge in [0.2, 0.25) is 5.91 Å². The molecular weight excluding hydrogens is 510 g/mol. The van der Waals surface area contributed by atoms with Crippen LogP contribution in [0, 0.1) is 0 Å². The van der Waals surface area contributed by atoms with Crippen LogP contribution in [0.3, 0.4) is 0 Å². The molecule has 3 heterocycles. The van der Waals surface area contributed by atoms with Gasteiger partial charge < -0.3 is 80.1 Å². The zero-order valence-corrected chi connectivity index (χ0v) is 19.7. The SMILES string of the molecule is CC(=O)NC1C(OCC2OC(OC3C(CO)OC(O)C(O)C3O)C(O)C(O)C2O)OC(CO)C(O)C1O. The van der Waals surface area contributed by atoms with Crippen LogP contribution in [0.5, 0.6) is 0 Å². The summed E-state index contributed by atoms with van der Waals surface area (Å²) in [5, 5.41) is 103. The number of carbonyl (C=O) groups excluding carboxylic acids is 1. The van der Waals surface area contributed by atoms with E-state index in [2.05, 4.69) is 5.32 Å². The Morgan fingerprint density at radius 1 is 0.703 bits per heavy atom. The molecule has 15 atom stereocenters. The Hall–Kier alpha value is -1.13. The van der Waals surface area contributed by atoms with Gasteiger partial charge in [0, 0.05) is 6.92 Å². The minimum Gasteiger partial charge on any atom is -0.394 e. The van der Waals surface area contributed by atoms with E-state index in [1.165, 1.54) is 0 Å². The van der Waals surface area contributed by atoms with Crippen LogP contribution >= 0.6 is 0 Å². The summed E-state index contributed by atoms with van der Waals surface area (Å²) in [5.74, 6) is -0.601. The molecule has 0 bridgehead atoms. The van der Waals surface area contributed by atoms with E-state index in [1.54, 1.807) is 0 Å². The van der Waals surface area contributed by atoms with Crippen LogP contribution in [0.4, 0.5) is 0 Å². The summed E-state index contributed by atoms with van der Waals surface area (Å²) < 4.78 is 26.9. The highest BCUT2D eigenvalue weighted by Crippen LogP contribution is 2.30. The van der Waals surface area contributed by atoms with Crippen molar-refractivity contribution in [3.8, 4) is 0 Å². The van der Waals surface area contributed by atoms with Gasteiger partial charge >= 0.3 is 0 Å². The smallest absolute Gasteiger partial charge is 0.217 e. The zero-order chi connectivity index (χ0) is 27.6. The molecule has 0 aromatic rings. The molecule has 3 aliphatic heterocycles. The van der Waals surface area contributed by atoms with Crippen molar-refractivity contribution >= 4 is 5.91 Å². The molecule has 37 heavy (non-hydrogen) atoms. The molecule has 0 saturated carbocycles. The molecule has 0 radical (unpaired) electrons. The molecule has 0 aromatic heterocycles. The number of nitrogens with one attached hydrogen (secondary N) is 1. The number of rotatable bonds is 8. The lowest BCUT2D eigenvalue weighted by molar-refractivity contribution is -0.360. The lowest BCUT2D eigenvalue weighted by atomic mass is 9.96. The minimum absolute atomic E-state index is 0.596. The third-order valence-electron chi connectivity index (χ3n) is 6.47. The fourth-order valence-electron chi connectivity index (χ4n) is 4.36. The molecule has 3 saturated heterocycles. The van der Waals surface area contributed by atoms with Crippen LogP contribution in [-0.4, -0.2) is 169 Å². The average Bonchev–Trinajstić information content (AvgIpc) is 2.86. The molecule has 3 fully saturated rings. The van der Waals surface area contributed by atoms with E-state index < -0.39 is 118 Å². The van der Waals surface area contributed by atoms with Crippen LogP contribution < -0.4 is 5.32 Å². The van der Waals surface area contributed by atoms with Gasteiger partial charge in [-0.2, -0.15) is 0 Å². The quantitative estimate of drug-likeness (QED) is 0.135. The standard InChI is InChI=1S/C20H35NO16/c1-5(24)21-9-12(27)10(25)6(2-22)35-19(9)33-4-8-11(26)13(28)16(31)20(36-8)37-17-7(3-23)34-18(32)15(30)14(17)29/h6-20,22-23,25-32H,2-4H2,1H3,(H,21,24). The average molecular weight is 545 g/mol. The van der Waals surface area contributed by atoms with Gasteiger partial charge in [0.15, 0.2) is 18.9 Å². The topological polar surface area (TPSA) is 278 Å². The van der Waals surface area contributed by atoms with Crippen molar-refractivity contribution in [2.24, 2.45) is 0 Å². The molecule has 11 N–H and O–H groups in total. The van der Waals surface area contributed by atoms with Gasteiger partial charge in [-0.25, -0.2) is 0 Å². The Morgan fingerprint density at radius 3 is 1.89 bits per heavy atom. The van der Waals surface area contributed by atoms with E-state index >= 15 is 0 Å². The molecule has 0 aliphatic carbocycles. The van der Waals surface area contributed by atoms with Crippen molar-refractivity contribution < 1.29 is 79.5 Å². The first-order valence-electron chi connectivity index (χ1n) is 11.6. The maximum Gasteiger partial charge on any atom is 0.217 e. The van der Waals surface area contributed by atoms with Crippen molar-refractivity contribution in [2.75, 3.05) is 19.8 Å². The van der Waals surface area contributed by atoms with Crippen molar-refractivity contribution in [3.63, 3.8) is 0 Å². The fraction of sp³-hybridized carbons (Fsp3) is 0.950. The highest BCUT2D eigenvalue weighted by molar-refractivity contribution is 5.73. The maximum absolute atomic E-state index is 11.6. The van der Waals surface area contributed by atoms with Gasteiger partial charge in [-0.15, -0.1) is 0 Å². The van der Waals surface area contributed by atoms with Crippen LogP contribution in [0.2, 0.25) is 0 Å². The van der Waals surface area contributed by atoms with E-state index in [9.17, 15) is 55.9 Å². The largest absolute Gasteiger partial charge is 0.394 e. The normalized spacial score (nSPS) is 49.0. The third-order valence-corrected chi connectivity index (χ3v) is 6.47. The van der Waals surface area contributed by atoms with Gasteiger partial charge in [0.05, 0.1) is 19.8 Å². The van der Waals surface area contributed by atoms with Crippen molar-refractivity contribution in [1.29, 1.82) is 0 Å². The summed E-state index contributed by atoms with van der Waals surface area (Å²) in [6.45, 7) is -0.926. The first kappa shape index (κ1) is 30.4. The van der Waals surface area contributed by atoms with Gasteiger partial charge in [-0.3, -0.25) is 4.79 Å². The second kappa shape index (κ2) is 12.8. The lowest BCUT2D eigenvalue weighted by Gasteiger charge is -2.46. The van der Waals surface area contributed by atoms with Gasteiger partial charge in [0.25, 0.3) is 0 Å². The second-order valence-electron chi connectivity index (χ2n) is 9.11.